The molecule has 1 aromatic heterocycles. The van der Waals surface area contributed by atoms with Gasteiger partial charge in [0.25, 0.3) is 5.91 Å². The second-order valence-corrected chi connectivity index (χ2v) is 12.0. The first-order chi connectivity index (χ1) is 15.8. The van der Waals surface area contributed by atoms with Crippen LogP contribution in [-0.2, 0) is 16.4 Å². The van der Waals surface area contributed by atoms with Crippen molar-refractivity contribution in [3.63, 3.8) is 0 Å². The Kier molecular flexibility index (Phi) is 5.25. The lowest BCUT2D eigenvalue weighted by Gasteiger charge is -2.27. The number of fused-ring (bicyclic) bond motifs is 2. The zero-order valence-corrected chi connectivity index (χ0v) is 18.9. The Morgan fingerprint density at radius 1 is 1.03 bits per heavy atom. The van der Waals surface area contributed by atoms with E-state index in [1.807, 2.05) is 24.3 Å². The van der Waals surface area contributed by atoms with Crippen molar-refractivity contribution in [3.8, 4) is 0 Å². The molecule has 0 saturated carbocycles. The molecule has 10 heteroatoms. The van der Waals surface area contributed by atoms with E-state index in [1.54, 1.807) is 18.2 Å². The maximum atomic E-state index is 13.4. The normalized spacial score (nSPS) is 18.1. The zero-order chi connectivity index (χ0) is 23.2. The van der Waals surface area contributed by atoms with E-state index < -0.39 is 31.6 Å². The van der Waals surface area contributed by atoms with Crippen LogP contribution in [0, 0.1) is 0 Å². The molecule has 0 bridgehead atoms. The fourth-order valence-corrected chi connectivity index (χ4v) is 8.57. The number of benzene rings is 3. The molecule has 1 aliphatic heterocycles. The molecule has 170 valence electrons. The highest BCUT2D eigenvalue weighted by Gasteiger charge is 2.45. The van der Waals surface area contributed by atoms with E-state index >= 15 is 0 Å². The second kappa shape index (κ2) is 7.99. The van der Waals surface area contributed by atoms with Gasteiger partial charge in [-0.1, -0.05) is 36.4 Å². The lowest BCUT2D eigenvalue weighted by molar-refractivity contribution is 0.0949. The third-order valence-electron chi connectivity index (χ3n) is 5.67. The Morgan fingerprint density at radius 2 is 1.76 bits per heavy atom. The third-order valence-corrected chi connectivity index (χ3v) is 9.82. The van der Waals surface area contributed by atoms with Gasteiger partial charge in [0.05, 0.1) is 33.1 Å². The summed E-state index contributed by atoms with van der Waals surface area (Å²) in [5.41, 5.74) is 1.85. The van der Waals surface area contributed by atoms with Crippen molar-refractivity contribution in [3.05, 3.63) is 89.7 Å². The van der Waals surface area contributed by atoms with E-state index in [1.165, 1.54) is 30.3 Å². The van der Waals surface area contributed by atoms with Crippen LogP contribution < -0.4 is 5.32 Å². The zero-order valence-electron chi connectivity index (χ0n) is 17.3. The molecule has 3 aromatic carbocycles. The van der Waals surface area contributed by atoms with Crippen LogP contribution in [0.4, 0.5) is 0 Å². The van der Waals surface area contributed by atoms with Crippen molar-refractivity contribution in [2.45, 2.75) is 21.6 Å². The summed E-state index contributed by atoms with van der Waals surface area (Å²) in [6, 6.07) is 19.8. The molecule has 1 aliphatic rings. The number of hydrogen-bond acceptors (Lipinski definition) is 6. The summed E-state index contributed by atoms with van der Waals surface area (Å²) in [5.74, 6) is -0.347. The number of aromatic nitrogens is 2. The molecule has 4 aromatic rings. The summed E-state index contributed by atoms with van der Waals surface area (Å²) < 4.78 is 48.1. The van der Waals surface area contributed by atoms with Gasteiger partial charge in [0.1, 0.15) is 11.1 Å². The summed E-state index contributed by atoms with van der Waals surface area (Å²) in [6.07, 6.45) is 0. The number of amides is 1. The van der Waals surface area contributed by atoms with Crippen LogP contribution in [0.25, 0.3) is 11.0 Å². The largest absolute Gasteiger partial charge is 0.345 e. The molecule has 1 unspecified atom stereocenters. The van der Waals surface area contributed by atoms with Crippen LogP contribution in [0.3, 0.4) is 0 Å². The number of sulfone groups is 1. The molecule has 5 rings (SSSR count). The fourth-order valence-electron chi connectivity index (χ4n) is 4.11. The van der Waals surface area contributed by atoms with E-state index in [4.69, 9.17) is 0 Å². The second-order valence-electron chi connectivity index (χ2n) is 7.78. The highest BCUT2D eigenvalue weighted by molar-refractivity contribution is 8.25. The summed E-state index contributed by atoms with van der Waals surface area (Å²) >= 11 is 0. The molecular formula is C23H21N3O5S2. The number of para-hydroxylation sites is 2. The third kappa shape index (κ3) is 3.80. The number of carbonyl (C=O) groups excluding carboxylic acids is 1. The lowest BCUT2D eigenvalue weighted by atomic mass is 10.0. The minimum Gasteiger partial charge on any atom is -0.345 e. The lowest BCUT2D eigenvalue weighted by Crippen LogP contribution is -2.26. The number of carbonyl (C=O) groups is 1. The first-order valence-corrected chi connectivity index (χ1v) is 13.4. The van der Waals surface area contributed by atoms with Crippen LogP contribution in [0.15, 0.2) is 82.6 Å². The summed E-state index contributed by atoms with van der Waals surface area (Å²) in [6.45, 7) is 0.101. The number of rotatable bonds is 5. The van der Waals surface area contributed by atoms with Crippen molar-refractivity contribution in [1.82, 2.24) is 15.3 Å². The average Bonchev–Trinajstić information content (AvgIpc) is 3.36. The van der Waals surface area contributed by atoms with Gasteiger partial charge in [0.2, 0.25) is 0 Å². The van der Waals surface area contributed by atoms with E-state index in [0.29, 0.717) is 5.82 Å². The number of H-pyrrole nitrogens is 1. The van der Waals surface area contributed by atoms with Crippen LogP contribution in [0.1, 0.15) is 27.0 Å². The first-order valence-electron chi connectivity index (χ1n) is 10.2. The van der Waals surface area contributed by atoms with Crippen molar-refractivity contribution in [2.24, 2.45) is 0 Å². The van der Waals surface area contributed by atoms with Crippen molar-refractivity contribution in [2.75, 3.05) is 5.75 Å². The molecule has 0 saturated heterocycles. The monoisotopic (exact) mass is 483 g/mol. The van der Waals surface area contributed by atoms with E-state index in [2.05, 4.69) is 15.3 Å². The predicted molar refractivity (Wildman–Crippen MR) is 126 cm³/mol. The van der Waals surface area contributed by atoms with Gasteiger partial charge in [-0.05, 0) is 36.4 Å². The highest BCUT2D eigenvalue weighted by atomic mass is 32.3. The highest BCUT2D eigenvalue weighted by Crippen LogP contribution is 2.62. The van der Waals surface area contributed by atoms with Gasteiger partial charge in [-0.2, -0.15) is 10.6 Å². The van der Waals surface area contributed by atoms with Crippen LogP contribution in [-0.4, -0.2) is 39.2 Å². The molecule has 8 nitrogen and oxygen atoms in total. The molecule has 2 heterocycles. The number of nitrogens with zero attached hydrogens (tertiary/aromatic N) is 1. The van der Waals surface area contributed by atoms with Crippen molar-refractivity contribution in [1.29, 1.82) is 0 Å². The standard InChI is InChI=1S/C23H21N3O5S2/c27-23(24-13-21-25-17-10-4-5-11-18(17)26-21)16-9-6-12-19-22(16)20(14-32(19,28)29)33(30,31)15-7-2-1-3-8-15/h1-12,20,28-29H,13-14H2,(H,24,27)(H,25,26). The molecule has 1 atom stereocenters. The van der Waals surface area contributed by atoms with Crippen molar-refractivity contribution >= 4 is 37.4 Å². The Morgan fingerprint density at radius 3 is 2.52 bits per heavy atom. The SMILES string of the molecule is O=C(NCc1nc2ccccc2[nH]1)c1cccc2c1C(S(=O)(=O)c1ccccc1)CS2(O)O. The molecule has 0 fully saturated rings. The maximum absolute atomic E-state index is 13.4. The number of hydrogen-bond donors (Lipinski definition) is 4. The van der Waals surface area contributed by atoms with Crippen LogP contribution >= 0.6 is 10.6 Å². The Hall–Kier alpha value is -3.18. The Labute approximate surface area is 192 Å². The minimum absolute atomic E-state index is 0.0653. The molecule has 0 radical (unpaired) electrons. The average molecular weight is 484 g/mol. The molecule has 33 heavy (non-hydrogen) atoms. The summed E-state index contributed by atoms with van der Waals surface area (Å²) in [5, 5.41) is 1.52. The van der Waals surface area contributed by atoms with Gasteiger partial charge < -0.3 is 10.3 Å². The minimum atomic E-state index is -3.96. The van der Waals surface area contributed by atoms with Gasteiger partial charge in [0, 0.05) is 11.1 Å². The van der Waals surface area contributed by atoms with Gasteiger partial charge in [-0.25, -0.2) is 13.4 Å². The molecular weight excluding hydrogens is 462 g/mol. The van der Waals surface area contributed by atoms with Gasteiger partial charge in [0.15, 0.2) is 9.84 Å². The Balaban J connectivity index is 1.49. The topological polar surface area (TPSA) is 132 Å². The van der Waals surface area contributed by atoms with E-state index in [9.17, 15) is 22.3 Å². The van der Waals surface area contributed by atoms with Crippen LogP contribution in [0.5, 0.6) is 0 Å². The van der Waals surface area contributed by atoms with Gasteiger partial charge in [-0.3, -0.25) is 13.9 Å². The number of imidazole rings is 1. The maximum Gasteiger partial charge on any atom is 0.252 e. The van der Waals surface area contributed by atoms with Gasteiger partial charge >= 0.3 is 0 Å². The summed E-state index contributed by atoms with van der Waals surface area (Å²) in [7, 11) is -7.33. The van der Waals surface area contributed by atoms with E-state index in [0.717, 1.165) is 11.0 Å². The smallest absolute Gasteiger partial charge is 0.252 e. The number of aromatic amines is 1. The van der Waals surface area contributed by atoms with E-state index in [-0.39, 0.29) is 33.2 Å². The molecule has 0 spiro atoms. The number of nitrogens with one attached hydrogen (secondary N) is 2. The molecule has 4 N–H and O–H groups in total. The van der Waals surface area contributed by atoms with Gasteiger partial charge in [-0.15, -0.1) is 0 Å². The first kappa shape index (κ1) is 21.7. The molecule has 0 aliphatic carbocycles. The van der Waals surface area contributed by atoms with Crippen molar-refractivity contribution < 1.29 is 22.3 Å². The predicted octanol–water partition coefficient (Wildman–Crippen LogP) is 4.13. The molecule has 1 amide bonds. The van der Waals surface area contributed by atoms with Crippen LogP contribution in [0.2, 0.25) is 0 Å². The quantitative estimate of drug-likeness (QED) is 0.337. The fraction of sp³-hybridized carbons (Fsp3) is 0.130. The Bertz CT molecular complexity index is 1430. The summed E-state index contributed by atoms with van der Waals surface area (Å²) in [4.78, 5) is 20.8.